The van der Waals surface area contributed by atoms with Crippen LogP contribution in [0.2, 0.25) is 0 Å². The zero-order chi connectivity index (χ0) is 19.0. The molecule has 4 rings (SSSR count). The summed E-state index contributed by atoms with van der Waals surface area (Å²) in [7, 11) is -3.34. The van der Waals surface area contributed by atoms with Gasteiger partial charge in [-0.1, -0.05) is 30.3 Å². The highest BCUT2D eigenvalue weighted by Gasteiger charge is 2.29. The van der Waals surface area contributed by atoms with Crippen molar-refractivity contribution in [3.63, 3.8) is 0 Å². The first kappa shape index (κ1) is 17.7. The number of sulfonamides is 1. The molecule has 3 heterocycles. The number of imidazole rings is 1. The summed E-state index contributed by atoms with van der Waals surface area (Å²) in [5.74, 6) is 0.371. The second-order valence-electron chi connectivity index (χ2n) is 6.66. The molecule has 0 aliphatic carbocycles. The molecule has 1 aliphatic rings. The second-order valence-corrected chi connectivity index (χ2v) is 8.63. The Hall–Kier alpha value is -2.72. The summed E-state index contributed by atoms with van der Waals surface area (Å²) < 4.78 is 28.9. The number of fused-ring (bicyclic) bond motifs is 1. The fraction of sp³-hybridized carbons (Fsp3) is 0.353. The maximum atomic E-state index is 12.7. The molecule has 10 heteroatoms. The number of nitrogen functional groups attached to an aromatic ring is 2. The third-order valence-corrected chi connectivity index (χ3v) is 6.72. The van der Waals surface area contributed by atoms with Crippen molar-refractivity contribution in [3.8, 4) is 0 Å². The quantitative estimate of drug-likeness (QED) is 0.686. The van der Waals surface area contributed by atoms with E-state index in [0.29, 0.717) is 37.1 Å². The molecule has 4 N–H and O–H groups in total. The van der Waals surface area contributed by atoms with Gasteiger partial charge in [0.15, 0.2) is 11.5 Å². The van der Waals surface area contributed by atoms with Crippen LogP contribution in [0.4, 0.5) is 11.8 Å². The van der Waals surface area contributed by atoms with Crippen molar-refractivity contribution in [2.75, 3.05) is 24.6 Å². The monoisotopic (exact) mass is 387 g/mol. The molecule has 3 aromatic rings. The summed E-state index contributed by atoms with van der Waals surface area (Å²) in [6, 6.07) is 9.32. The van der Waals surface area contributed by atoms with Crippen LogP contribution in [0, 0.1) is 0 Å². The van der Waals surface area contributed by atoms with Gasteiger partial charge in [0.05, 0.1) is 12.1 Å². The third-order valence-electron chi connectivity index (χ3n) is 4.87. The Morgan fingerprint density at radius 1 is 1.07 bits per heavy atom. The highest BCUT2D eigenvalue weighted by molar-refractivity contribution is 7.88. The number of hydrogen-bond acceptors (Lipinski definition) is 7. The SMILES string of the molecule is Nc1nc(N)c2ncn(C3CCN(S(=O)(=O)Cc4ccccc4)CC3)c2n1. The number of rotatable bonds is 4. The summed E-state index contributed by atoms with van der Waals surface area (Å²) in [5.41, 5.74) is 13.5. The molecule has 1 aromatic carbocycles. The average molecular weight is 387 g/mol. The third kappa shape index (κ3) is 3.45. The molecule has 0 atom stereocenters. The highest BCUT2D eigenvalue weighted by atomic mass is 32.2. The molecule has 0 bridgehead atoms. The molecule has 0 amide bonds. The van der Waals surface area contributed by atoms with Crippen LogP contribution >= 0.6 is 0 Å². The number of anilines is 2. The van der Waals surface area contributed by atoms with E-state index in [-0.39, 0.29) is 23.6 Å². The minimum Gasteiger partial charge on any atom is -0.382 e. The highest BCUT2D eigenvalue weighted by Crippen LogP contribution is 2.29. The van der Waals surface area contributed by atoms with Crippen molar-refractivity contribution >= 4 is 33.0 Å². The maximum Gasteiger partial charge on any atom is 0.224 e. The summed E-state index contributed by atoms with van der Waals surface area (Å²) in [5, 5.41) is 0. The fourth-order valence-corrected chi connectivity index (χ4v) is 5.06. The Bertz CT molecular complexity index is 1060. The van der Waals surface area contributed by atoms with Crippen LogP contribution in [0.1, 0.15) is 24.4 Å². The maximum absolute atomic E-state index is 12.7. The lowest BCUT2D eigenvalue weighted by molar-refractivity contribution is 0.276. The van der Waals surface area contributed by atoms with Gasteiger partial charge in [0.25, 0.3) is 0 Å². The molecule has 0 unspecified atom stereocenters. The molecule has 0 radical (unpaired) electrons. The van der Waals surface area contributed by atoms with E-state index in [1.807, 2.05) is 34.9 Å². The number of nitrogens with zero attached hydrogens (tertiary/aromatic N) is 5. The zero-order valence-electron chi connectivity index (χ0n) is 14.7. The van der Waals surface area contributed by atoms with E-state index in [4.69, 9.17) is 11.5 Å². The molecule has 9 nitrogen and oxygen atoms in total. The lowest BCUT2D eigenvalue weighted by Crippen LogP contribution is -2.39. The van der Waals surface area contributed by atoms with Crippen LogP contribution in [0.3, 0.4) is 0 Å². The van der Waals surface area contributed by atoms with Crippen molar-refractivity contribution in [3.05, 3.63) is 42.2 Å². The molecule has 0 saturated carbocycles. The summed E-state index contributed by atoms with van der Waals surface area (Å²) in [6.45, 7) is 0.908. The summed E-state index contributed by atoms with van der Waals surface area (Å²) in [4.78, 5) is 12.5. The van der Waals surface area contributed by atoms with E-state index < -0.39 is 10.0 Å². The molecule has 1 saturated heterocycles. The molecule has 0 spiro atoms. The van der Waals surface area contributed by atoms with Gasteiger partial charge in [-0.25, -0.2) is 17.7 Å². The Morgan fingerprint density at radius 2 is 1.78 bits per heavy atom. The van der Waals surface area contributed by atoms with Crippen molar-refractivity contribution in [2.24, 2.45) is 0 Å². The first-order valence-electron chi connectivity index (χ1n) is 8.71. The molecule has 1 aliphatic heterocycles. The van der Waals surface area contributed by atoms with Gasteiger partial charge in [0, 0.05) is 19.1 Å². The number of benzene rings is 1. The molecular weight excluding hydrogens is 366 g/mol. The van der Waals surface area contributed by atoms with Crippen molar-refractivity contribution < 1.29 is 8.42 Å². The second kappa shape index (κ2) is 6.78. The Labute approximate surface area is 157 Å². The van der Waals surface area contributed by atoms with E-state index in [1.54, 1.807) is 10.6 Å². The van der Waals surface area contributed by atoms with Gasteiger partial charge in [-0.2, -0.15) is 9.97 Å². The van der Waals surface area contributed by atoms with Gasteiger partial charge >= 0.3 is 0 Å². The van der Waals surface area contributed by atoms with Crippen molar-refractivity contribution in [1.29, 1.82) is 0 Å². The van der Waals surface area contributed by atoms with E-state index in [1.165, 1.54) is 0 Å². The van der Waals surface area contributed by atoms with Gasteiger partial charge in [0.1, 0.15) is 5.52 Å². The number of nitrogens with two attached hydrogens (primary N) is 2. The standard InChI is InChI=1S/C17H21N7O2S/c18-15-14-16(22-17(19)21-15)24(11-20-14)13-6-8-23(9-7-13)27(25,26)10-12-4-2-1-3-5-12/h1-5,11,13H,6-10H2,(H4,18,19,21,22). The van der Waals surface area contributed by atoms with E-state index in [0.717, 1.165) is 5.56 Å². The minimum atomic E-state index is -3.34. The largest absolute Gasteiger partial charge is 0.382 e. The normalized spacial score (nSPS) is 16.7. The smallest absolute Gasteiger partial charge is 0.224 e. The van der Waals surface area contributed by atoms with Crippen LogP contribution in [0.15, 0.2) is 36.7 Å². The van der Waals surface area contributed by atoms with Gasteiger partial charge in [-0.3, -0.25) is 0 Å². The Kier molecular flexibility index (Phi) is 4.44. The topological polar surface area (TPSA) is 133 Å². The van der Waals surface area contributed by atoms with Gasteiger partial charge in [-0.05, 0) is 18.4 Å². The van der Waals surface area contributed by atoms with Crippen molar-refractivity contribution in [1.82, 2.24) is 23.8 Å². The van der Waals surface area contributed by atoms with Gasteiger partial charge in [0.2, 0.25) is 16.0 Å². The molecule has 1 fully saturated rings. The van der Waals surface area contributed by atoms with E-state index in [9.17, 15) is 8.42 Å². The molecule has 142 valence electrons. The predicted molar refractivity (Wildman–Crippen MR) is 103 cm³/mol. The molecule has 2 aromatic heterocycles. The van der Waals surface area contributed by atoms with Crippen LogP contribution < -0.4 is 11.5 Å². The van der Waals surface area contributed by atoms with E-state index in [2.05, 4.69) is 15.0 Å². The number of hydrogen-bond donors (Lipinski definition) is 2. The van der Waals surface area contributed by atoms with Crippen LogP contribution in [-0.4, -0.2) is 45.3 Å². The summed E-state index contributed by atoms with van der Waals surface area (Å²) >= 11 is 0. The predicted octanol–water partition coefficient (Wildman–Crippen LogP) is 1.16. The van der Waals surface area contributed by atoms with Crippen LogP contribution in [0.5, 0.6) is 0 Å². The van der Waals surface area contributed by atoms with Crippen molar-refractivity contribution in [2.45, 2.75) is 24.6 Å². The average Bonchev–Trinajstić information content (AvgIpc) is 3.06. The number of aromatic nitrogens is 4. The first-order chi connectivity index (χ1) is 12.9. The zero-order valence-corrected chi connectivity index (χ0v) is 15.5. The minimum absolute atomic E-state index is 0.0206. The Balaban J connectivity index is 1.49. The Morgan fingerprint density at radius 3 is 2.48 bits per heavy atom. The number of piperidine rings is 1. The van der Waals surface area contributed by atoms with Gasteiger partial charge in [-0.15, -0.1) is 0 Å². The van der Waals surface area contributed by atoms with Gasteiger partial charge < -0.3 is 16.0 Å². The molecule has 27 heavy (non-hydrogen) atoms. The lowest BCUT2D eigenvalue weighted by Gasteiger charge is -2.32. The summed E-state index contributed by atoms with van der Waals surface area (Å²) in [6.07, 6.45) is 3.01. The van der Waals surface area contributed by atoms with E-state index >= 15 is 0 Å². The van der Waals surface area contributed by atoms with Crippen LogP contribution in [0.25, 0.3) is 11.2 Å². The lowest BCUT2D eigenvalue weighted by atomic mass is 10.1. The van der Waals surface area contributed by atoms with Crippen LogP contribution in [-0.2, 0) is 15.8 Å². The fourth-order valence-electron chi connectivity index (χ4n) is 3.50. The first-order valence-corrected chi connectivity index (χ1v) is 10.3. The molecular formula is C17H21N7O2S.